The van der Waals surface area contributed by atoms with E-state index < -0.39 is 0 Å². The number of rotatable bonds is 9. The Hall–Kier alpha value is -2.32. The summed E-state index contributed by atoms with van der Waals surface area (Å²) < 4.78 is 11.6. The molecule has 1 saturated heterocycles. The van der Waals surface area contributed by atoms with Crippen molar-refractivity contribution in [2.45, 2.75) is 12.5 Å². The fourth-order valence-corrected chi connectivity index (χ4v) is 4.05. The van der Waals surface area contributed by atoms with Crippen molar-refractivity contribution in [2.75, 3.05) is 44.7 Å². The highest BCUT2D eigenvalue weighted by atomic mass is 35.5. The summed E-state index contributed by atoms with van der Waals surface area (Å²) in [6.45, 7) is 5.29. The number of aromatic amines is 1. The monoisotopic (exact) mass is 461 g/mol. The van der Waals surface area contributed by atoms with Crippen LogP contribution < -0.4 is 10.1 Å². The summed E-state index contributed by atoms with van der Waals surface area (Å²) in [6.07, 6.45) is 3.66. The second-order valence-corrected chi connectivity index (χ2v) is 8.18. The SMILES string of the molecule is Clc1cc(Cl)cc(CC(Oc2cccc(NCCN3CCOCC3)n2)c2ncc[nH]2)c1. The summed E-state index contributed by atoms with van der Waals surface area (Å²) in [5, 5.41) is 4.55. The molecule has 0 bridgehead atoms. The molecule has 0 spiro atoms. The quantitative estimate of drug-likeness (QED) is 0.496. The number of nitrogens with zero attached hydrogens (tertiary/aromatic N) is 3. The zero-order valence-electron chi connectivity index (χ0n) is 17.1. The fraction of sp³-hybridized carbons (Fsp3) is 0.364. The van der Waals surface area contributed by atoms with Crippen LogP contribution in [0.25, 0.3) is 0 Å². The molecule has 1 aliphatic heterocycles. The fourth-order valence-electron chi connectivity index (χ4n) is 3.48. The number of H-pyrrole nitrogens is 1. The number of aromatic nitrogens is 3. The molecule has 164 valence electrons. The zero-order valence-corrected chi connectivity index (χ0v) is 18.6. The van der Waals surface area contributed by atoms with Crippen LogP contribution in [0.4, 0.5) is 5.82 Å². The molecule has 4 rings (SSSR count). The first-order valence-corrected chi connectivity index (χ1v) is 11.0. The Morgan fingerprint density at radius 1 is 1.16 bits per heavy atom. The van der Waals surface area contributed by atoms with Crippen molar-refractivity contribution >= 4 is 29.0 Å². The van der Waals surface area contributed by atoms with Gasteiger partial charge in [0.05, 0.1) is 13.2 Å². The molecule has 1 unspecified atom stereocenters. The number of morpholine rings is 1. The minimum Gasteiger partial charge on any atom is -0.466 e. The van der Waals surface area contributed by atoms with Crippen LogP contribution in [0.1, 0.15) is 17.5 Å². The van der Waals surface area contributed by atoms with Gasteiger partial charge in [0, 0.05) is 61.1 Å². The molecule has 31 heavy (non-hydrogen) atoms. The average molecular weight is 462 g/mol. The van der Waals surface area contributed by atoms with Crippen LogP contribution in [0.3, 0.4) is 0 Å². The number of ether oxygens (including phenoxy) is 2. The second-order valence-electron chi connectivity index (χ2n) is 7.30. The maximum absolute atomic E-state index is 6.22. The molecule has 0 saturated carbocycles. The van der Waals surface area contributed by atoms with Crippen molar-refractivity contribution in [3.05, 3.63) is 70.2 Å². The van der Waals surface area contributed by atoms with Gasteiger partial charge in [-0.2, -0.15) is 4.98 Å². The summed E-state index contributed by atoms with van der Waals surface area (Å²) in [7, 11) is 0. The lowest BCUT2D eigenvalue weighted by atomic mass is 10.1. The summed E-state index contributed by atoms with van der Waals surface area (Å²) >= 11 is 12.3. The van der Waals surface area contributed by atoms with Crippen molar-refractivity contribution in [3.8, 4) is 5.88 Å². The Morgan fingerprint density at radius 3 is 2.71 bits per heavy atom. The van der Waals surface area contributed by atoms with Gasteiger partial charge in [0.2, 0.25) is 5.88 Å². The second kappa shape index (κ2) is 10.8. The maximum atomic E-state index is 6.22. The molecule has 0 amide bonds. The molecule has 3 heterocycles. The predicted octanol–water partition coefficient (Wildman–Crippen LogP) is 4.22. The Morgan fingerprint density at radius 2 is 1.97 bits per heavy atom. The first-order chi connectivity index (χ1) is 15.2. The molecule has 1 aliphatic rings. The molecule has 1 atom stereocenters. The third-order valence-corrected chi connectivity index (χ3v) is 5.43. The lowest BCUT2D eigenvalue weighted by Crippen LogP contribution is -2.39. The summed E-state index contributed by atoms with van der Waals surface area (Å²) in [5.74, 6) is 2.00. The van der Waals surface area contributed by atoms with Crippen LogP contribution in [-0.2, 0) is 11.2 Å². The lowest BCUT2D eigenvalue weighted by Gasteiger charge is -2.26. The van der Waals surface area contributed by atoms with Crippen LogP contribution in [0.5, 0.6) is 5.88 Å². The van der Waals surface area contributed by atoms with Crippen molar-refractivity contribution in [1.82, 2.24) is 19.9 Å². The first kappa shape index (κ1) is 21.9. The van der Waals surface area contributed by atoms with Gasteiger partial charge in [0.15, 0.2) is 6.10 Å². The highest BCUT2D eigenvalue weighted by Crippen LogP contribution is 2.26. The van der Waals surface area contributed by atoms with Crippen molar-refractivity contribution in [1.29, 1.82) is 0 Å². The predicted molar refractivity (Wildman–Crippen MR) is 122 cm³/mol. The van der Waals surface area contributed by atoms with E-state index in [-0.39, 0.29) is 6.10 Å². The average Bonchev–Trinajstić information content (AvgIpc) is 3.29. The number of pyridine rings is 1. The van der Waals surface area contributed by atoms with Crippen LogP contribution in [0.2, 0.25) is 10.0 Å². The summed E-state index contributed by atoms with van der Waals surface area (Å²) in [6, 6.07) is 11.2. The van der Waals surface area contributed by atoms with Gasteiger partial charge in [-0.3, -0.25) is 4.90 Å². The lowest BCUT2D eigenvalue weighted by molar-refractivity contribution is 0.0398. The Labute approximate surface area is 191 Å². The van der Waals surface area contributed by atoms with E-state index in [1.165, 1.54) is 0 Å². The molecule has 3 aromatic rings. The Kier molecular flexibility index (Phi) is 7.64. The first-order valence-electron chi connectivity index (χ1n) is 10.3. The molecular weight excluding hydrogens is 437 g/mol. The van der Waals surface area contributed by atoms with Crippen LogP contribution in [-0.4, -0.2) is 59.2 Å². The molecule has 0 aliphatic carbocycles. The molecule has 9 heteroatoms. The van der Waals surface area contributed by atoms with Gasteiger partial charge in [-0.05, 0) is 29.8 Å². The Balaban J connectivity index is 1.41. The van der Waals surface area contributed by atoms with E-state index in [1.54, 1.807) is 18.5 Å². The topological polar surface area (TPSA) is 75.3 Å². The molecule has 1 fully saturated rings. The van der Waals surface area contributed by atoms with Gasteiger partial charge in [-0.25, -0.2) is 4.98 Å². The standard InChI is InChI=1S/C22H25Cl2N5O2/c23-17-12-16(13-18(24)15-17)14-19(22-26-4-5-27-22)31-21-3-1-2-20(28-21)25-6-7-29-8-10-30-11-9-29/h1-5,12-13,15,19H,6-11,14H2,(H,25,28)(H,26,27). The Bertz CT molecular complexity index is 944. The van der Waals surface area contributed by atoms with E-state index >= 15 is 0 Å². The third kappa shape index (κ3) is 6.58. The summed E-state index contributed by atoms with van der Waals surface area (Å²) in [5.41, 5.74) is 0.957. The van der Waals surface area contributed by atoms with E-state index in [0.717, 1.165) is 50.8 Å². The van der Waals surface area contributed by atoms with Gasteiger partial charge in [0.25, 0.3) is 0 Å². The zero-order chi connectivity index (χ0) is 21.5. The van der Waals surface area contributed by atoms with Crippen molar-refractivity contribution in [2.24, 2.45) is 0 Å². The van der Waals surface area contributed by atoms with Crippen LogP contribution >= 0.6 is 23.2 Å². The van der Waals surface area contributed by atoms with E-state index in [1.807, 2.05) is 30.3 Å². The number of anilines is 1. The number of imidazole rings is 1. The van der Waals surface area contributed by atoms with E-state index in [0.29, 0.717) is 28.2 Å². The molecule has 2 aromatic heterocycles. The minimum atomic E-state index is -0.361. The van der Waals surface area contributed by atoms with E-state index in [9.17, 15) is 0 Å². The van der Waals surface area contributed by atoms with Gasteiger partial charge in [0.1, 0.15) is 11.6 Å². The van der Waals surface area contributed by atoms with Crippen LogP contribution in [0.15, 0.2) is 48.8 Å². The molecule has 7 nitrogen and oxygen atoms in total. The van der Waals surface area contributed by atoms with Gasteiger partial charge in [-0.15, -0.1) is 0 Å². The van der Waals surface area contributed by atoms with Gasteiger partial charge < -0.3 is 19.8 Å². The largest absolute Gasteiger partial charge is 0.466 e. The van der Waals surface area contributed by atoms with Crippen LogP contribution in [0, 0.1) is 0 Å². The summed E-state index contributed by atoms with van der Waals surface area (Å²) in [4.78, 5) is 14.5. The molecule has 0 radical (unpaired) electrons. The molecule has 1 aromatic carbocycles. The van der Waals surface area contributed by atoms with Crippen molar-refractivity contribution < 1.29 is 9.47 Å². The van der Waals surface area contributed by atoms with Gasteiger partial charge >= 0.3 is 0 Å². The minimum absolute atomic E-state index is 0.361. The number of hydrogen-bond acceptors (Lipinski definition) is 6. The van der Waals surface area contributed by atoms with Crippen molar-refractivity contribution in [3.63, 3.8) is 0 Å². The van der Waals surface area contributed by atoms with E-state index in [2.05, 4.69) is 25.2 Å². The van der Waals surface area contributed by atoms with Gasteiger partial charge in [-0.1, -0.05) is 29.3 Å². The number of halogens is 2. The number of hydrogen-bond donors (Lipinski definition) is 2. The smallest absolute Gasteiger partial charge is 0.215 e. The number of nitrogens with one attached hydrogen (secondary N) is 2. The van der Waals surface area contributed by atoms with E-state index in [4.69, 9.17) is 32.7 Å². The normalized spacial score (nSPS) is 15.5. The number of benzene rings is 1. The third-order valence-electron chi connectivity index (χ3n) is 4.99. The molecule has 2 N–H and O–H groups in total. The molecular formula is C22H25Cl2N5O2. The highest BCUT2D eigenvalue weighted by Gasteiger charge is 2.18. The highest BCUT2D eigenvalue weighted by molar-refractivity contribution is 6.34. The maximum Gasteiger partial charge on any atom is 0.215 e.